The number of ether oxygens (including phenoxy) is 1. The predicted molar refractivity (Wildman–Crippen MR) is 60.9 cm³/mol. The molecule has 0 fully saturated rings. The van der Waals surface area contributed by atoms with E-state index in [1.54, 1.807) is 7.11 Å². The summed E-state index contributed by atoms with van der Waals surface area (Å²) in [6.07, 6.45) is 0. The van der Waals surface area contributed by atoms with Crippen molar-refractivity contribution in [3.63, 3.8) is 0 Å². The van der Waals surface area contributed by atoms with Crippen molar-refractivity contribution in [3.8, 4) is 0 Å². The lowest BCUT2D eigenvalue weighted by Crippen LogP contribution is -2.21. The molecule has 0 saturated heterocycles. The summed E-state index contributed by atoms with van der Waals surface area (Å²) in [4.78, 5) is 14.0. The molecule has 0 aliphatic rings. The molecule has 1 unspecified atom stereocenters. The first-order valence-corrected chi connectivity index (χ1v) is 4.98. The summed E-state index contributed by atoms with van der Waals surface area (Å²) < 4.78 is 4.93. The van der Waals surface area contributed by atoms with Crippen LogP contribution in [0.3, 0.4) is 0 Å². The molecule has 6 nitrogen and oxygen atoms in total. The van der Waals surface area contributed by atoms with Gasteiger partial charge in [0.05, 0.1) is 23.7 Å². The van der Waals surface area contributed by atoms with Crippen molar-refractivity contribution in [1.82, 2.24) is 4.98 Å². The average molecular weight is 246 g/mol. The number of nitrogens with one attached hydrogen (secondary N) is 1. The summed E-state index contributed by atoms with van der Waals surface area (Å²) in [5, 5.41) is 13.6. The molecule has 88 valence electrons. The molecule has 16 heavy (non-hydrogen) atoms. The van der Waals surface area contributed by atoms with Gasteiger partial charge in [0.2, 0.25) is 0 Å². The van der Waals surface area contributed by atoms with Crippen LogP contribution in [0.15, 0.2) is 12.1 Å². The molecule has 1 heterocycles. The van der Waals surface area contributed by atoms with Gasteiger partial charge in [-0.15, -0.1) is 0 Å². The topological polar surface area (TPSA) is 77.3 Å². The van der Waals surface area contributed by atoms with Crippen molar-refractivity contribution >= 4 is 23.1 Å². The van der Waals surface area contributed by atoms with Crippen LogP contribution in [-0.2, 0) is 4.74 Å². The van der Waals surface area contributed by atoms with Crippen LogP contribution >= 0.6 is 11.6 Å². The number of rotatable bonds is 5. The van der Waals surface area contributed by atoms with Gasteiger partial charge < -0.3 is 10.1 Å². The highest BCUT2D eigenvalue weighted by Gasteiger charge is 2.11. The van der Waals surface area contributed by atoms with Gasteiger partial charge in [-0.3, -0.25) is 10.1 Å². The van der Waals surface area contributed by atoms with Crippen molar-refractivity contribution in [2.24, 2.45) is 0 Å². The van der Waals surface area contributed by atoms with Gasteiger partial charge in [-0.05, 0) is 6.92 Å². The van der Waals surface area contributed by atoms with Gasteiger partial charge >= 0.3 is 0 Å². The number of halogens is 1. The normalized spacial score (nSPS) is 12.2. The minimum absolute atomic E-state index is 0.00410. The molecule has 7 heteroatoms. The molecule has 0 aromatic carbocycles. The number of hydrogen-bond acceptors (Lipinski definition) is 5. The Labute approximate surface area is 97.7 Å². The number of methoxy groups -OCH3 is 1. The maximum Gasteiger partial charge on any atom is 0.276 e. The van der Waals surface area contributed by atoms with Crippen LogP contribution in [0.5, 0.6) is 0 Å². The fourth-order valence-corrected chi connectivity index (χ4v) is 1.41. The molecule has 1 atom stereocenters. The smallest absolute Gasteiger partial charge is 0.276 e. The van der Waals surface area contributed by atoms with Crippen LogP contribution in [0.4, 0.5) is 11.5 Å². The van der Waals surface area contributed by atoms with Gasteiger partial charge in [0, 0.05) is 13.2 Å². The lowest BCUT2D eigenvalue weighted by atomic mass is 10.3. The van der Waals surface area contributed by atoms with Gasteiger partial charge in [-0.25, -0.2) is 4.98 Å². The van der Waals surface area contributed by atoms with E-state index in [0.717, 1.165) is 0 Å². The third-order valence-corrected chi connectivity index (χ3v) is 1.99. The fourth-order valence-electron chi connectivity index (χ4n) is 1.21. The van der Waals surface area contributed by atoms with E-state index in [9.17, 15) is 10.1 Å². The van der Waals surface area contributed by atoms with Crippen molar-refractivity contribution in [2.75, 3.05) is 19.0 Å². The molecule has 0 radical (unpaired) electrons. The molecular weight excluding hydrogens is 234 g/mol. The predicted octanol–water partition coefficient (Wildman–Crippen LogP) is 2.09. The zero-order valence-electron chi connectivity index (χ0n) is 8.94. The van der Waals surface area contributed by atoms with Crippen molar-refractivity contribution < 1.29 is 9.66 Å². The summed E-state index contributed by atoms with van der Waals surface area (Å²) in [6.45, 7) is 2.35. The zero-order chi connectivity index (χ0) is 12.1. The van der Waals surface area contributed by atoms with Crippen LogP contribution in [0.1, 0.15) is 6.92 Å². The molecule has 1 rings (SSSR count). The number of aromatic nitrogens is 1. The summed E-state index contributed by atoms with van der Waals surface area (Å²) in [5.41, 5.74) is -0.0906. The van der Waals surface area contributed by atoms with E-state index in [1.807, 2.05) is 6.92 Å². The molecule has 0 aliphatic heterocycles. The molecule has 0 amide bonds. The van der Waals surface area contributed by atoms with Crippen molar-refractivity contribution in [3.05, 3.63) is 27.4 Å². The van der Waals surface area contributed by atoms with E-state index < -0.39 is 4.92 Å². The van der Waals surface area contributed by atoms with Gasteiger partial charge in [-0.2, -0.15) is 0 Å². The van der Waals surface area contributed by atoms with Crippen LogP contribution in [0.2, 0.25) is 5.15 Å². The Balaban J connectivity index is 2.84. The SMILES string of the molecule is COCC(C)Nc1cc([N+](=O)[O-])cc(Cl)n1. The highest BCUT2D eigenvalue weighted by molar-refractivity contribution is 6.29. The molecule has 1 aromatic heterocycles. The first kappa shape index (κ1) is 12.7. The summed E-state index contributed by atoms with van der Waals surface area (Å²) in [5.74, 6) is 0.365. The molecule has 0 aliphatic carbocycles. The van der Waals surface area contributed by atoms with Crippen molar-refractivity contribution in [1.29, 1.82) is 0 Å². The second-order valence-electron chi connectivity index (χ2n) is 3.29. The number of pyridine rings is 1. The summed E-state index contributed by atoms with van der Waals surface area (Å²) in [7, 11) is 1.58. The van der Waals surface area contributed by atoms with Crippen molar-refractivity contribution in [2.45, 2.75) is 13.0 Å². The molecule has 1 aromatic rings. The minimum atomic E-state index is -0.514. The fraction of sp³-hybridized carbons (Fsp3) is 0.444. The first-order chi connectivity index (χ1) is 7.52. The van der Waals surface area contributed by atoms with Crippen LogP contribution in [-0.4, -0.2) is 29.7 Å². The maximum absolute atomic E-state index is 10.6. The van der Waals surface area contributed by atoms with E-state index in [1.165, 1.54) is 12.1 Å². The lowest BCUT2D eigenvalue weighted by Gasteiger charge is -2.13. The Morgan fingerprint density at radius 1 is 1.69 bits per heavy atom. The molecule has 0 bridgehead atoms. The van der Waals surface area contributed by atoms with Gasteiger partial charge in [0.15, 0.2) is 0 Å². The Bertz CT molecular complexity index is 386. The molecule has 0 spiro atoms. The largest absolute Gasteiger partial charge is 0.383 e. The molecule has 1 N–H and O–H groups in total. The zero-order valence-corrected chi connectivity index (χ0v) is 9.69. The van der Waals surface area contributed by atoms with E-state index in [2.05, 4.69) is 10.3 Å². The average Bonchev–Trinajstić information content (AvgIpc) is 2.16. The highest BCUT2D eigenvalue weighted by atomic mass is 35.5. The Kier molecular flexibility index (Phi) is 4.45. The molecular formula is C9H12ClN3O3. The van der Waals surface area contributed by atoms with E-state index in [4.69, 9.17) is 16.3 Å². The molecule has 0 saturated carbocycles. The Morgan fingerprint density at radius 2 is 2.38 bits per heavy atom. The Hall–Kier alpha value is -1.40. The monoisotopic (exact) mass is 245 g/mol. The van der Waals surface area contributed by atoms with Gasteiger partial charge in [0.25, 0.3) is 5.69 Å². The van der Waals surface area contributed by atoms with E-state index >= 15 is 0 Å². The minimum Gasteiger partial charge on any atom is -0.383 e. The second kappa shape index (κ2) is 5.62. The third-order valence-electron chi connectivity index (χ3n) is 1.80. The number of nitro groups is 1. The highest BCUT2D eigenvalue weighted by Crippen LogP contribution is 2.20. The first-order valence-electron chi connectivity index (χ1n) is 4.60. The van der Waals surface area contributed by atoms with Gasteiger partial charge in [-0.1, -0.05) is 11.6 Å². The Morgan fingerprint density at radius 3 is 2.94 bits per heavy atom. The van der Waals surface area contributed by atoms with Gasteiger partial charge in [0.1, 0.15) is 11.0 Å². The quantitative estimate of drug-likeness (QED) is 0.488. The summed E-state index contributed by atoms with van der Waals surface area (Å²) in [6, 6.07) is 2.53. The number of anilines is 1. The maximum atomic E-state index is 10.6. The lowest BCUT2D eigenvalue weighted by molar-refractivity contribution is -0.384. The van der Waals surface area contributed by atoms with Crippen LogP contribution in [0.25, 0.3) is 0 Å². The summed E-state index contributed by atoms with van der Waals surface area (Å²) >= 11 is 5.67. The second-order valence-corrected chi connectivity index (χ2v) is 3.68. The van der Waals surface area contributed by atoms with E-state index in [0.29, 0.717) is 12.4 Å². The number of nitrogens with zero attached hydrogens (tertiary/aromatic N) is 2. The third kappa shape index (κ3) is 3.63. The standard InChI is InChI=1S/C9H12ClN3O3/c1-6(5-16-2)11-9-4-7(13(14)15)3-8(10)12-9/h3-4,6H,5H2,1-2H3,(H,11,12). The van der Waals surface area contributed by atoms with E-state index in [-0.39, 0.29) is 16.9 Å². The van der Waals surface area contributed by atoms with Crippen LogP contribution < -0.4 is 5.32 Å². The number of hydrogen-bond donors (Lipinski definition) is 1. The van der Waals surface area contributed by atoms with Crippen LogP contribution in [0, 0.1) is 10.1 Å².